The Hall–Kier alpha value is -2.93. The van der Waals surface area contributed by atoms with E-state index < -0.39 is 0 Å². The Bertz CT molecular complexity index is 1090. The first kappa shape index (κ1) is 19.4. The van der Waals surface area contributed by atoms with E-state index >= 15 is 0 Å². The van der Waals surface area contributed by atoms with Crippen molar-refractivity contribution in [2.45, 2.75) is 38.4 Å². The zero-order chi connectivity index (χ0) is 20.4. The fraction of sp³-hybridized carbons (Fsp3) is 0.273. The van der Waals surface area contributed by atoms with Crippen LogP contribution in [0.2, 0.25) is 0 Å². The van der Waals surface area contributed by atoms with Gasteiger partial charge in [-0.2, -0.15) is 0 Å². The summed E-state index contributed by atoms with van der Waals surface area (Å²) in [5, 5.41) is 12.3. The van der Waals surface area contributed by atoms with E-state index in [0.717, 1.165) is 39.9 Å². The minimum atomic E-state index is 0.0236. The van der Waals surface area contributed by atoms with Crippen molar-refractivity contribution in [3.05, 3.63) is 59.2 Å². The van der Waals surface area contributed by atoms with E-state index in [1.165, 1.54) is 11.8 Å². The highest BCUT2D eigenvalue weighted by Gasteiger charge is 2.19. The number of nitrogens with one attached hydrogen (secondary N) is 1. The number of hydrogen-bond acceptors (Lipinski definition) is 5. The second-order valence-electron chi connectivity index (χ2n) is 7.00. The van der Waals surface area contributed by atoms with E-state index in [0.29, 0.717) is 18.4 Å². The molecule has 2 aromatic carbocycles. The van der Waals surface area contributed by atoms with E-state index in [1.54, 1.807) is 6.07 Å². The highest BCUT2D eigenvalue weighted by molar-refractivity contribution is 7.99. The lowest BCUT2D eigenvalue weighted by atomic mass is 9.99. The molecule has 1 aliphatic heterocycles. The van der Waals surface area contributed by atoms with Crippen LogP contribution >= 0.6 is 11.8 Å². The summed E-state index contributed by atoms with van der Waals surface area (Å²) in [6.07, 6.45) is 1.13. The van der Waals surface area contributed by atoms with Crippen molar-refractivity contribution >= 4 is 29.1 Å². The van der Waals surface area contributed by atoms with Crippen molar-refractivity contribution in [1.82, 2.24) is 14.8 Å². The molecule has 0 aliphatic carbocycles. The smallest absolute Gasteiger partial charge is 0.224 e. The molecule has 7 heteroatoms. The minimum absolute atomic E-state index is 0.0236. The van der Waals surface area contributed by atoms with Crippen LogP contribution in [-0.2, 0) is 17.8 Å². The van der Waals surface area contributed by atoms with Crippen molar-refractivity contribution in [2.75, 3.05) is 11.1 Å². The molecule has 1 aliphatic rings. The fourth-order valence-electron chi connectivity index (χ4n) is 3.47. The summed E-state index contributed by atoms with van der Waals surface area (Å²) in [7, 11) is 0. The third-order valence-corrected chi connectivity index (χ3v) is 6.04. The molecule has 6 nitrogen and oxygen atoms in total. The maximum Gasteiger partial charge on any atom is 0.224 e. The van der Waals surface area contributed by atoms with Crippen molar-refractivity contribution in [1.29, 1.82) is 0 Å². The van der Waals surface area contributed by atoms with Crippen LogP contribution < -0.4 is 5.32 Å². The zero-order valence-electron chi connectivity index (χ0n) is 16.4. The Morgan fingerprint density at radius 3 is 2.79 bits per heavy atom. The number of ketones is 1. The van der Waals surface area contributed by atoms with E-state index in [2.05, 4.69) is 35.4 Å². The van der Waals surface area contributed by atoms with Gasteiger partial charge in [-0.3, -0.25) is 9.59 Å². The minimum Gasteiger partial charge on any atom is -0.326 e. The number of thioether (sulfide) groups is 1. The molecule has 0 saturated heterocycles. The van der Waals surface area contributed by atoms with E-state index in [-0.39, 0.29) is 17.4 Å². The standard InChI is InChI=1S/C22H22N4O2S/c1-3-26-21(17-7-5-4-6-14(17)2)24-25-22(26)29-13-19(27)16-8-10-18-15(12-16)9-11-20(28)23-18/h4-8,10,12H,3,9,11,13H2,1-2H3,(H,23,28). The summed E-state index contributed by atoms with van der Waals surface area (Å²) < 4.78 is 2.04. The molecule has 3 aromatic rings. The number of aromatic nitrogens is 3. The molecule has 1 N–H and O–H groups in total. The van der Waals surface area contributed by atoms with Gasteiger partial charge >= 0.3 is 0 Å². The van der Waals surface area contributed by atoms with Gasteiger partial charge in [0.15, 0.2) is 16.8 Å². The largest absolute Gasteiger partial charge is 0.326 e. The van der Waals surface area contributed by atoms with Crippen LogP contribution in [0.15, 0.2) is 47.6 Å². The number of anilines is 1. The van der Waals surface area contributed by atoms with Crippen molar-refractivity contribution in [3.63, 3.8) is 0 Å². The summed E-state index contributed by atoms with van der Waals surface area (Å²) in [6, 6.07) is 13.6. The average molecular weight is 407 g/mol. The second kappa shape index (κ2) is 8.21. The molecule has 2 heterocycles. The molecule has 0 spiro atoms. The number of carbonyl (C=O) groups is 2. The lowest BCUT2D eigenvalue weighted by Gasteiger charge is -2.17. The molecule has 29 heavy (non-hydrogen) atoms. The third-order valence-electron chi connectivity index (χ3n) is 5.07. The van der Waals surface area contributed by atoms with Gasteiger partial charge in [-0.15, -0.1) is 10.2 Å². The van der Waals surface area contributed by atoms with Gasteiger partial charge in [0, 0.05) is 29.8 Å². The SMILES string of the molecule is CCn1c(SCC(=O)c2ccc3c(c2)CCC(=O)N3)nnc1-c1ccccc1C. The Morgan fingerprint density at radius 2 is 2.00 bits per heavy atom. The number of carbonyl (C=O) groups excluding carboxylic acids is 2. The Balaban J connectivity index is 1.50. The normalized spacial score (nSPS) is 13.1. The van der Waals surface area contributed by atoms with Gasteiger partial charge in [-0.05, 0) is 49.6 Å². The van der Waals surface area contributed by atoms with Gasteiger partial charge in [0.1, 0.15) is 0 Å². The molecule has 0 bridgehead atoms. The van der Waals surface area contributed by atoms with Gasteiger partial charge < -0.3 is 9.88 Å². The van der Waals surface area contributed by atoms with Crippen molar-refractivity contribution in [2.24, 2.45) is 0 Å². The Labute approximate surface area is 173 Å². The number of hydrogen-bond donors (Lipinski definition) is 1. The number of benzene rings is 2. The topological polar surface area (TPSA) is 76.9 Å². The van der Waals surface area contributed by atoms with Crippen molar-refractivity contribution < 1.29 is 9.59 Å². The van der Waals surface area contributed by atoms with Crippen LogP contribution in [-0.4, -0.2) is 32.2 Å². The molecule has 1 aromatic heterocycles. The maximum absolute atomic E-state index is 12.7. The van der Waals surface area contributed by atoms with Crippen LogP contribution in [0.1, 0.15) is 34.8 Å². The Kier molecular flexibility index (Phi) is 5.49. The quantitative estimate of drug-likeness (QED) is 0.492. The number of nitrogens with zero attached hydrogens (tertiary/aromatic N) is 3. The number of fused-ring (bicyclic) bond motifs is 1. The lowest BCUT2D eigenvalue weighted by Crippen LogP contribution is -2.19. The van der Waals surface area contributed by atoms with E-state index in [4.69, 9.17) is 0 Å². The third kappa shape index (κ3) is 3.96. The van der Waals surface area contributed by atoms with Crippen LogP contribution in [0, 0.1) is 6.92 Å². The predicted octanol–water partition coefficient (Wildman–Crippen LogP) is 4.13. The first-order chi connectivity index (χ1) is 14.1. The summed E-state index contributed by atoms with van der Waals surface area (Å²) in [5.74, 6) is 1.18. The zero-order valence-corrected chi connectivity index (χ0v) is 17.3. The number of aryl methyl sites for hydroxylation is 2. The van der Waals surface area contributed by atoms with Gasteiger partial charge in [-0.1, -0.05) is 36.0 Å². The van der Waals surface area contributed by atoms with Gasteiger partial charge in [0.05, 0.1) is 5.75 Å². The predicted molar refractivity (Wildman–Crippen MR) is 114 cm³/mol. The van der Waals surface area contributed by atoms with E-state index in [9.17, 15) is 9.59 Å². The first-order valence-corrected chi connectivity index (χ1v) is 10.6. The molecular weight excluding hydrogens is 384 g/mol. The lowest BCUT2D eigenvalue weighted by molar-refractivity contribution is -0.116. The molecular formula is C22H22N4O2S. The fourth-order valence-corrected chi connectivity index (χ4v) is 4.37. The molecule has 0 fully saturated rings. The number of amides is 1. The molecule has 0 radical (unpaired) electrons. The average Bonchev–Trinajstić information content (AvgIpc) is 3.14. The first-order valence-electron chi connectivity index (χ1n) is 9.64. The number of Topliss-reactive ketones (excluding diaryl/α,β-unsaturated/α-hetero) is 1. The van der Waals surface area contributed by atoms with E-state index in [1.807, 2.05) is 34.9 Å². The van der Waals surface area contributed by atoms with Crippen molar-refractivity contribution in [3.8, 4) is 11.4 Å². The van der Waals surface area contributed by atoms with Gasteiger partial charge in [0.2, 0.25) is 5.91 Å². The molecule has 0 unspecified atom stereocenters. The molecule has 0 saturated carbocycles. The maximum atomic E-state index is 12.7. The molecule has 4 rings (SSSR count). The molecule has 148 valence electrons. The monoisotopic (exact) mass is 406 g/mol. The molecule has 0 atom stereocenters. The number of rotatable bonds is 6. The van der Waals surface area contributed by atoms with Gasteiger partial charge in [0.25, 0.3) is 0 Å². The van der Waals surface area contributed by atoms with Crippen LogP contribution in [0.3, 0.4) is 0 Å². The van der Waals surface area contributed by atoms with Crippen LogP contribution in [0.25, 0.3) is 11.4 Å². The highest BCUT2D eigenvalue weighted by Crippen LogP contribution is 2.28. The molecule has 1 amide bonds. The summed E-state index contributed by atoms with van der Waals surface area (Å²) in [6.45, 7) is 4.83. The van der Waals surface area contributed by atoms with Crippen LogP contribution in [0.5, 0.6) is 0 Å². The Morgan fingerprint density at radius 1 is 1.17 bits per heavy atom. The summed E-state index contributed by atoms with van der Waals surface area (Å²) in [4.78, 5) is 24.2. The summed E-state index contributed by atoms with van der Waals surface area (Å²) >= 11 is 1.40. The second-order valence-corrected chi connectivity index (χ2v) is 7.94. The van der Waals surface area contributed by atoms with Crippen LogP contribution in [0.4, 0.5) is 5.69 Å². The van der Waals surface area contributed by atoms with Gasteiger partial charge in [-0.25, -0.2) is 0 Å². The highest BCUT2D eigenvalue weighted by atomic mass is 32.2. The summed E-state index contributed by atoms with van der Waals surface area (Å²) in [5.41, 5.74) is 4.67.